The van der Waals surface area contributed by atoms with E-state index in [4.69, 9.17) is 5.11 Å². The zero-order valence-electron chi connectivity index (χ0n) is 14.8. The molecule has 0 rings (SSSR count). The van der Waals surface area contributed by atoms with Crippen LogP contribution in [0.2, 0.25) is 0 Å². The Hall–Kier alpha value is 1.25. The first-order valence-corrected chi connectivity index (χ1v) is 9.02. The average Bonchev–Trinajstić information content (AvgIpc) is 2.43. The Bertz CT molecular complexity index is 140. The van der Waals surface area contributed by atoms with Crippen molar-refractivity contribution < 1.29 is 47.1 Å². The summed E-state index contributed by atoms with van der Waals surface area (Å²) in [7, 11) is 0. The molecule has 0 aliphatic carbocycles. The number of unbranched alkanes of at least 4 members (excludes halogenated alkanes) is 15. The molecule has 21 heavy (non-hydrogen) atoms. The van der Waals surface area contributed by atoms with Crippen molar-refractivity contribution in [3.63, 3.8) is 0 Å². The third kappa shape index (κ3) is 26.5. The maximum Gasteiger partial charge on any atom is 1.00 e. The van der Waals surface area contributed by atoms with Gasteiger partial charge in [-0.3, -0.25) is 0 Å². The van der Waals surface area contributed by atoms with Gasteiger partial charge in [0.25, 0.3) is 0 Å². The Kier molecular flexibility index (Phi) is 33.8. The largest absolute Gasteiger partial charge is 1.00 e. The van der Waals surface area contributed by atoms with Crippen molar-refractivity contribution >= 4 is 0 Å². The summed E-state index contributed by atoms with van der Waals surface area (Å²) in [5, 5.41) is 8.67. The molecule has 3 heteroatoms. The Morgan fingerprint density at radius 3 is 0.952 bits per heavy atom. The second kappa shape index (κ2) is 26.2. The summed E-state index contributed by atoms with van der Waals surface area (Å²) in [5.41, 5.74) is 0. The van der Waals surface area contributed by atoms with E-state index < -0.39 is 0 Å². The molecule has 0 heterocycles. The van der Waals surface area contributed by atoms with Gasteiger partial charge in [0.05, 0.1) is 0 Å². The summed E-state index contributed by atoms with van der Waals surface area (Å²) >= 11 is 0. The van der Waals surface area contributed by atoms with Crippen LogP contribution in [0.4, 0.5) is 0 Å². The predicted molar refractivity (Wildman–Crippen MR) is 86.6 cm³/mol. The number of aliphatic hydroxyl groups is 1. The normalized spacial score (nSPS) is 10.0. The van der Waals surface area contributed by atoms with Gasteiger partial charge < -0.3 is 17.5 Å². The molecule has 1 nitrogen and oxygen atoms in total. The van der Waals surface area contributed by atoms with Crippen LogP contribution in [0.1, 0.15) is 110 Å². The SMILES string of the molecule is CCCCCCCCCCCCCCCCCCO.[Cl-].[Na+]. The quantitative estimate of drug-likeness (QED) is 0.318. The molecule has 0 saturated heterocycles. The molecule has 0 unspecified atom stereocenters. The van der Waals surface area contributed by atoms with Gasteiger partial charge in [-0.05, 0) is 6.42 Å². The number of halogens is 1. The Labute approximate surface area is 162 Å². The molecule has 0 aliphatic rings. The summed E-state index contributed by atoms with van der Waals surface area (Å²) in [6.07, 6.45) is 22.2. The van der Waals surface area contributed by atoms with Gasteiger partial charge in [-0.1, -0.05) is 103 Å². The van der Waals surface area contributed by atoms with Gasteiger partial charge in [0.2, 0.25) is 0 Å². The van der Waals surface area contributed by atoms with Crippen LogP contribution in [0.15, 0.2) is 0 Å². The summed E-state index contributed by atoms with van der Waals surface area (Å²) in [6, 6.07) is 0. The molecule has 0 fully saturated rings. The van der Waals surface area contributed by atoms with Crippen molar-refractivity contribution in [1.29, 1.82) is 0 Å². The molecule has 0 amide bonds. The molecule has 0 radical (unpaired) electrons. The third-order valence-electron chi connectivity index (χ3n) is 4.01. The summed E-state index contributed by atoms with van der Waals surface area (Å²) < 4.78 is 0. The fourth-order valence-corrected chi connectivity index (χ4v) is 2.66. The summed E-state index contributed by atoms with van der Waals surface area (Å²) in [6.45, 7) is 2.66. The standard InChI is InChI=1S/C18H38O.ClH.Na/c1-2-3-4-5-6-7-8-9-10-11-12-13-14-15-16-17-18-19;;/h19H,2-18H2,1H3;1H;/q;;+1/p-1. The van der Waals surface area contributed by atoms with Gasteiger partial charge in [-0.2, -0.15) is 0 Å². The maximum absolute atomic E-state index is 8.67. The molecular formula is C18H38ClNaO. The van der Waals surface area contributed by atoms with Crippen LogP contribution in [-0.2, 0) is 0 Å². The van der Waals surface area contributed by atoms with Crippen molar-refractivity contribution in [2.75, 3.05) is 6.61 Å². The molecule has 0 saturated carbocycles. The fourth-order valence-electron chi connectivity index (χ4n) is 2.66. The molecule has 124 valence electrons. The second-order valence-electron chi connectivity index (χ2n) is 6.03. The summed E-state index contributed by atoms with van der Waals surface area (Å²) in [4.78, 5) is 0. The minimum atomic E-state index is 0. The zero-order valence-corrected chi connectivity index (χ0v) is 17.6. The number of hydrogen-bond donors (Lipinski definition) is 1. The minimum Gasteiger partial charge on any atom is -1.00 e. The third-order valence-corrected chi connectivity index (χ3v) is 4.01. The smallest absolute Gasteiger partial charge is 1.00 e. The Morgan fingerprint density at radius 2 is 0.714 bits per heavy atom. The monoisotopic (exact) mass is 328 g/mol. The molecular weight excluding hydrogens is 291 g/mol. The fraction of sp³-hybridized carbons (Fsp3) is 1.00. The van der Waals surface area contributed by atoms with Gasteiger partial charge in [0.15, 0.2) is 0 Å². The van der Waals surface area contributed by atoms with E-state index in [-0.39, 0.29) is 42.0 Å². The molecule has 0 aliphatic heterocycles. The molecule has 0 bridgehead atoms. The maximum atomic E-state index is 8.67. The van der Waals surface area contributed by atoms with E-state index in [9.17, 15) is 0 Å². The van der Waals surface area contributed by atoms with E-state index in [1.165, 1.54) is 96.3 Å². The van der Waals surface area contributed by atoms with E-state index in [0.717, 1.165) is 6.42 Å². The Morgan fingerprint density at radius 1 is 0.476 bits per heavy atom. The van der Waals surface area contributed by atoms with E-state index in [1.54, 1.807) is 0 Å². The number of rotatable bonds is 16. The van der Waals surface area contributed by atoms with Gasteiger partial charge in [0.1, 0.15) is 0 Å². The topological polar surface area (TPSA) is 20.2 Å². The second-order valence-corrected chi connectivity index (χ2v) is 6.03. The van der Waals surface area contributed by atoms with Gasteiger partial charge >= 0.3 is 29.6 Å². The van der Waals surface area contributed by atoms with E-state index in [0.29, 0.717) is 6.61 Å². The van der Waals surface area contributed by atoms with Crippen molar-refractivity contribution in [2.24, 2.45) is 0 Å². The van der Waals surface area contributed by atoms with Gasteiger partial charge in [-0.15, -0.1) is 0 Å². The molecule has 0 spiro atoms. The number of hydrogen-bond acceptors (Lipinski definition) is 1. The first-order valence-electron chi connectivity index (χ1n) is 9.02. The van der Waals surface area contributed by atoms with Crippen LogP contribution >= 0.6 is 0 Å². The first kappa shape index (κ1) is 27.1. The van der Waals surface area contributed by atoms with Crippen molar-refractivity contribution in [2.45, 2.75) is 110 Å². The Balaban J connectivity index is -0.00000162. The molecule has 1 N–H and O–H groups in total. The van der Waals surface area contributed by atoms with E-state index in [2.05, 4.69) is 6.92 Å². The van der Waals surface area contributed by atoms with Crippen molar-refractivity contribution in [3.05, 3.63) is 0 Å². The van der Waals surface area contributed by atoms with Crippen molar-refractivity contribution in [1.82, 2.24) is 0 Å². The van der Waals surface area contributed by atoms with E-state index in [1.807, 2.05) is 0 Å². The molecule has 0 aromatic heterocycles. The van der Waals surface area contributed by atoms with Gasteiger partial charge in [0, 0.05) is 6.61 Å². The van der Waals surface area contributed by atoms with Gasteiger partial charge in [-0.25, -0.2) is 0 Å². The zero-order chi connectivity index (χ0) is 14.0. The molecule has 0 aromatic rings. The van der Waals surface area contributed by atoms with Crippen LogP contribution in [0, 0.1) is 0 Å². The number of aliphatic hydroxyl groups excluding tert-OH is 1. The molecule has 0 atom stereocenters. The van der Waals surface area contributed by atoms with E-state index >= 15 is 0 Å². The van der Waals surface area contributed by atoms with Crippen LogP contribution in [-0.4, -0.2) is 11.7 Å². The predicted octanol–water partition coefficient (Wildman–Crippen LogP) is 0.248. The van der Waals surface area contributed by atoms with Crippen LogP contribution in [0.3, 0.4) is 0 Å². The molecule has 0 aromatic carbocycles. The first-order chi connectivity index (χ1) is 9.41. The minimum absolute atomic E-state index is 0. The average molecular weight is 329 g/mol. The summed E-state index contributed by atoms with van der Waals surface area (Å²) in [5.74, 6) is 0. The van der Waals surface area contributed by atoms with Crippen molar-refractivity contribution in [3.8, 4) is 0 Å². The van der Waals surface area contributed by atoms with Crippen LogP contribution < -0.4 is 42.0 Å². The van der Waals surface area contributed by atoms with Crippen LogP contribution in [0.25, 0.3) is 0 Å². The van der Waals surface area contributed by atoms with Crippen LogP contribution in [0.5, 0.6) is 0 Å².